The number of ether oxygens (including phenoxy) is 1. The molecule has 6 nitrogen and oxygen atoms in total. The molecule has 1 aromatic rings. The van der Waals surface area contributed by atoms with E-state index in [1.807, 2.05) is 6.07 Å². The first-order chi connectivity index (χ1) is 8.67. The van der Waals surface area contributed by atoms with E-state index < -0.39 is 0 Å². The van der Waals surface area contributed by atoms with E-state index in [4.69, 9.17) is 15.7 Å². The second kappa shape index (κ2) is 7.14. The van der Waals surface area contributed by atoms with Gasteiger partial charge in [0.25, 0.3) is 0 Å². The van der Waals surface area contributed by atoms with Crippen LogP contribution in [0.4, 0.5) is 11.4 Å². The first-order valence-corrected chi connectivity index (χ1v) is 5.46. The number of carbonyl (C=O) groups is 1. The Morgan fingerprint density at radius 1 is 1.56 bits per heavy atom. The fraction of sp³-hybridized carbons (Fsp3) is 0.333. The van der Waals surface area contributed by atoms with Gasteiger partial charge in [-0.25, -0.2) is 0 Å². The summed E-state index contributed by atoms with van der Waals surface area (Å²) in [6.07, 6.45) is 0. The molecule has 1 rings (SSSR count). The van der Waals surface area contributed by atoms with Gasteiger partial charge in [-0.3, -0.25) is 4.79 Å². The summed E-state index contributed by atoms with van der Waals surface area (Å²) < 4.78 is 4.81. The van der Waals surface area contributed by atoms with Crippen LogP contribution in [0, 0.1) is 11.3 Å². The van der Waals surface area contributed by atoms with Gasteiger partial charge in [-0.05, 0) is 18.2 Å². The number of nitrogen functional groups attached to an aromatic ring is 1. The monoisotopic (exact) mass is 248 g/mol. The Hall–Kier alpha value is -2.26. The standard InChI is InChI=1S/C12H16N4O2/c1-18-5-4-15-12(17)8-16-11-3-2-9(7-13)6-10(11)14/h2-3,6,16H,4-5,8,14H2,1H3,(H,15,17). The van der Waals surface area contributed by atoms with Crippen LogP contribution < -0.4 is 16.4 Å². The lowest BCUT2D eigenvalue weighted by molar-refractivity contribution is -0.119. The van der Waals surface area contributed by atoms with Gasteiger partial charge in [-0.1, -0.05) is 0 Å². The van der Waals surface area contributed by atoms with Gasteiger partial charge >= 0.3 is 0 Å². The van der Waals surface area contributed by atoms with Crippen molar-refractivity contribution in [1.29, 1.82) is 5.26 Å². The molecule has 0 saturated heterocycles. The molecule has 1 aromatic carbocycles. The van der Waals surface area contributed by atoms with Gasteiger partial charge < -0.3 is 21.1 Å². The first-order valence-electron chi connectivity index (χ1n) is 5.46. The number of anilines is 2. The molecule has 1 amide bonds. The molecule has 0 aliphatic carbocycles. The minimum Gasteiger partial charge on any atom is -0.397 e. The first kappa shape index (κ1) is 13.8. The van der Waals surface area contributed by atoms with Gasteiger partial charge in [-0.15, -0.1) is 0 Å². The fourth-order valence-corrected chi connectivity index (χ4v) is 1.32. The van der Waals surface area contributed by atoms with Crippen molar-refractivity contribution in [3.63, 3.8) is 0 Å². The van der Waals surface area contributed by atoms with Crippen molar-refractivity contribution < 1.29 is 9.53 Å². The lowest BCUT2D eigenvalue weighted by atomic mass is 10.2. The predicted molar refractivity (Wildman–Crippen MR) is 68.9 cm³/mol. The molecule has 0 heterocycles. The smallest absolute Gasteiger partial charge is 0.239 e. The zero-order chi connectivity index (χ0) is 13.4. The fourth-order valence-electron chi connectivity index (χ4n) is 1.32. The highest BCUT2D eigenvalue weighted by atomic mass is 16.5. The second-order valence-corrected chi connectivity index (χ2v) is 3.61. The van der Waals surface area contributed by atoms with Crippen molar-refractivity contribution in [2.45, 2.75) is 0 Å². The van der Waals surface area contributed by atoms with E-state index in [9.17, 15) is 4.79 Å². The Bertz CT molecular complexity index is 454. The van der Waals surface area contributed by atoms with Crippen LogP contribution in [0.3, 0.4) is 0 Å². The summed E-state index contributed by atoms with van der Waals surface area (Å²) in [4.78, 5) is 11.4. The van der Waals surface area contributed by atoms with Gasteiger partial charge in [0.2, 0.25) is 5.91 Å². The summed E-state index contributed by atoms with van der Waals surface area (Å²) in [5.74, 6) is -0.143. The third kappa shape index (κ3) is 4.31. The van der Waals surface area contributed by atoms with E-state index in [-0.39, 0.29) is 12.5 Å². The molecule has 0 aliphatic rings. The predicted octanol–water partition coefficient (Wildman–Crippen LogP) is 0.315. The highest BCUT2D eigenvalue weighted by Crippen LogP contribution is 2.18. The summed E-state index contributed by atoms with van der Waals surface area (Å²) in [5.41, 5.74) is 7.31. The Balaban J connectivity index is 2.44. The molecule has 4 N–H and O–H groups in total. The molecule has 0 radical (unpaired) electrons. The van der Waals surface area contributed by atoms with Crippen LogP contribution in [0.2, 0.25) is 0 Å². The molecule has 0 unspecified atom stereocenters. The van der Waals surface area contributed by atoms with Crippen LogP contribution in [-0.4, -0.2) is 32.7 Å². The van der Waals surface area contributed by atoms with Crippen molar-refractivity contribution in [3.8, 4) is 6.07 Å². The molecule has 0 aromatic heterocycles. The quantitative estimate of drug-likeness (QED) is 0.497. The number of nitrogens with one attached hydrogen (secondary N) is 2. The number of hydrogen-bond donors (Lipinski definition) is 3. The molecule has 0 aliphatic heterocycles. The zero-order valence-corrected chi connectivity index (χ0v) is 10.2. The summed E-state index contributed by atoms with van der Waals surface area (Å²) in [7, 11) is 1.57. The molecular weight excluding hydrogens is 232 g/mol. The van der Waals surface area contributed by atoms with Gasteiger partial charge in [0.1, 0.15) is 0 Å². The third-order valence-electron chi connectivity index (χ3n) is 2.25. The van der Waals surface area contributed by atoms with Crippen LogP contribution in [0.15, 0.2) is 18.2 Å². The van der Waals surface area contributed by atoms with Crippen molar-refractivity contribution >= 4 is 17.3 Å². The van der Waals surface area contributed by atoms with Crippen LogP contribution in [0.5, 0.6) is 0 Å². The number of methoxy groups -OCH3 is 1. The van der Waals surface area contributed by atoms with Gasteiger partial charge in [0.15, 0.2) is 0 Å². The molecule has 0 atom stereocenters. The summed E-state index contributed by atoms with van der Waals surface area (Å²) in [5, 5.41) is 14.3. The molecule has 0 spiro atoms. The zero-order valence-electron chi connectivity index (χ0n) is 10.2. The van der Waals surface area contributed by atoms with Gasteiger partial charge in [-0.2, -0.15) is 5.26 Å². The molecule has 0 saturated carbocycles. The SMILES string of the molecule is COCCNC(=O)CNc1ccc(C#N)cc1N. The van der Waals surface area contributed by atoms with E-state index in [1.54, 1.807) is 25.3 Å². The second-order valence-electron chi connectivity index (χ2n) is 3.61. The maximum absolute atomic E-state index is 11.4. The molecule has 18 heavy (non-hydrogen) atoms. The lowest BCUT2D eigenvalue weighted by Gasteiger charge is -2.09. The molecule has 96 valence electrons. The molecule has 0 bridgehead atoms. The summed E-state index contributed by atoms with van der Waals surface area (Å²) >= 11 is 0. The minimum absolute atomic E-state index is 0.125. The minimum atomic E-state index is -0.143. The molecule has 0 fully saturated rings. The maximum Gasteiger partial charge on any atom is 0.239 e. The van der Waals surface area contributed by atoms with Crippen molar-refractivity contribution in [3.05, 3.63) is 23.8 Å². The number of nitrogens with zero attached hydrogens (tertiary/aromatic N) is 1. The lowest BCUT2D eigenvalue weighted by Crippen LogP contribution is -2.32. The van der Waals surface area contributed by atoms with E-state index in [0.717, 1.165) is 0 Å². The largest absolute Gasteiger partial charge is 0.397 e. The van der Waals surface area contributed by atoms with Crippen molar-refractivity contribution in [1.82, 2.24) is 5.32 Å². The topological polar surface area (TPSA) is 100 Å². The highest BCUT2D eigenvalue weighted by molar-refractivity contribution is 5.82. The van der Waals surface area contributed by atoms with Gasteiger partial charge in [0.05, 0.1) is 36.2 Å². The van der Waals surface area contributed by atoms with Crippen LogP contribution in [0.25, 0.3) is 0 Å². The number of benzene rings is 1. The summed E-state index contributed by atoms with van der Waals surface area (Å²) in [6.45, 7) is 1.07. The number of amides is 1. The molecular formula is C12H16N4O2. The third-order valence-corrected chi connectivity index (χ3v) is 2.25. The normalized spacial score (nSPS) is 9.56. The Morgan fingerprint density at radius 3 is 2.94 bits per heavy atom. The molecule has 6 heteroatoms. The Labute approximate surface area is 106 Å². The van der Waals surface area contributed by atoms with Gasteiger partial charge in [0, 0.05) is 13.7 Å². The number of hydrogen-bond acceptors (Lipinski definition) is 5. The Kier molecular flexibility index (Phi) is 5.48. The average molecular weight is 248 g/mol. The van der Waals surface area contributed by atoms with E-state index >= 15 is 0 Å². The van der Waals surface area contributed by atoms with Crippen LogP contribution in [0.1, 0.15) is 5.56 Å². The number of rotatable bonds is 6. The number of nitriles is 1. The highest BCUT2D eigenvalue weighted by Gasteiger charge is 2.03. The van der Waals surface area contributed by atoms with E-state index in [1.165, 1.54) is 0 Å². The number of carbonyl (C=O) groups excluding carboxylic acids is 1. The average Bonchev–Trinajstić information content (AvgIpc) is 2.37. The maximum atomic E-state index is 11.4. The van der Waals surface area contributed by atoms with E-state index in [0.29, 0.717) is 30.1 Å². The van der Waals surface area contributed by atoms with Crippen molar-refractivity contribution in [2.24, 2.45) is 0 Å². The number of nitrogens with two attached hydrogens (primary N) is 1. The summed E-state index contributed by atoms with van der Waals surface area (Å²) in [6, 6.07) is 6.87. The Morgan fingerprint density at radius 2 is 2.33 bits per heavy atom. The van der Waals surface area contributed by atoms with Crippen LogP contribution in [-0.2, 0) is 9.53 Å². The van der Waals surface area contributed by atoms with E-state index in [2.05, 4.69) is 10.6 Å². The van der Waals surface area contributed by atoms with Crippen molar-refractivity contribution in [2.75, 3.05) is 37.9 Å². The van der Waals surface area contributed by atoms with Crippen LogP contribution >= 0.6 is 0 Å².